The molecule has 2 aliphatic rings. The molecule has 0 atom stereocenters. The molecule has 1 amide bonds. The monoisotopic (exact) mass is 275 g/mol. The van der Waals surface area contributed by atoms with Gasteiger partial charge in [0.15, 0.2) is 0 Å². The number of rotatable bonds is 3. The average Bonchev–Trinajstić information content (AvgIpc) is 2.76. The van der Waals surface area contributed by atoms with Crippen LogP contribution in [0.4, 0.5) is 17.1 Å². The first-order valence-corrected chi connectivity index (χ1v) is 7.24. The molecule has 0 spiro atoms. The van der Waals surface area contributed by atoms with Crippen molar-refractivity contribution in [2.45, 2.75) is 44.1 Å². The van der Waals surface area contributed by atoms with E-state index in [0.29, 0.717) is 18.7 Å². The van der Waals surface area contributed by atoms with Crippen LogP contribution in [0, 0.1) is 0 Å². The number of carbonyl (C=O) groups is 1. The molecule has 3 rings (SSSR count). The molecule has 1 aliphatic carbocycles. The molecule has 1 heterocycles. The molecule has 0 saturated heterocycles. The molecule has 1 fully saturated rings. The fourth-order valence-corrected chi connectivity index (χ4v) is 3.09. The lowest BCUT2D eigenvalue weighted by Gasteiger charge is -2.32. The zero-order chi connectivity index (χ0) is 14.2. The van der Waals surface area contributed by atoms with Gasteiger partial charge >= 0.3 is 0 Å². The molecule has 108 valence electrons. The topological polar surface area (TPSA) is 87.4 Å². The van der Waals surface area contributed by atoms with E-state index in [2.05, 4.69) is 10.6 Å². The summed E-state index contributed by atoms with van der Waals surface area (Å²) in [6, 6.07) is 3.70. The summed E-state index contributed by atoms with van der Waals surface area (Å²) >= 11 is 0. The largest absolute Gasteiger partial charge is 0.397 e. The summed E-state index contributed by atoms with van der Waals surface area (Å²) in [7, 11) is 0. The molecule has 0 unspecified atom stereocenters. The summed E-state index contributed by atoms with van der Waals surface area (Å²) in [6.45, 7) is 0.504. The van der Waals surface area contributed by atoms with Gasteiger partial charge < -0.3 is 21.5 Å². The van der Waals surface area contributed by atoms with Crippen molar-refractivity contribution in [2.24, 2.45) is 0 Å². The van der Waals surface area contributed by atoms with Crippen molar-refractivity contribution in [3.8, 4) is 0 Å². The Morgan fingerprint density at radius 2 is 2.05 bits per heavy atom. The molecular formula is C15H21N3O2. The predicted molar refractivity (Wildman–Crippen MR) is 79.7 cm³/mol. The van der Waals surface area contributed by atoms with Gasteiger partial charge in [-0.05, 0) is 30.5 Å². The maximum Gasteiger partial charge on any atom is 0.228 e. The molecule has 1 saturated carbocycles. The van der Waals surface area contributed by atoms with Crippen molar-refractivity contribution in [1.82, 2.24) is 0 Å². The van der Waals surface area contributed by atoms with Crippen LogP contribution in [0.3, 0.4) is 0 Å². The first kappa shape index (κ1) is 13.2. The minimum atomic E-state index is -0.632. The minimum Gasteiger partial charge on any atom is -0.397 e. The number of hydrogen-bond acceptors (Lipinski definition) is 4. The van der Waals surface area contributed by atoms with Crippen LogP contribution < -0.4 is 16.4 Å². The number of fused-ring (bicyclic) bond motifs is 1. The molecular weight excluding hydrogens is 254 g/mol. The summed E-state index contributed by atoms with van der Waals surface area (Å²) in [5.74, 6) is 0.00228. The van der Waals surface area contributed by atoms with Crippen LogP contribution in [-0.2, 0) is 11.2 Å². The molecule has 20 heavy (non-hydrogen) atoms. The third kappa shape index (κ3) is 2.58. The number of carbonyl (C=O) groups excluding carboxylic acids is 1. The molecule has 5 nitrogen and oxygen atoms in total. The Hall–Kier alpha value is -1.75. The molecule has 5 N–H and O–H groups in total. The quantitative estimate of drug-likeness (QED) is 0.634. The first-order chi connectivity index (χ1) is 9.56. The second-order valence-electron chi connectivity index (χ2n) is 5.96. The molecule has 1 aliphatic heterocycles. The Labute approximate surface area is 118 Å². The minimum absolute atomic E-state index is 0.00228. The van der Waals surface area contributed by atoms with E-state index >= 15 is 0 Å². The maximum absolute atomic E-state index is 11.4. The molecule has 0 radical (unpaired) electrons. The van der Waals surface area contributed by atoms with Gasteiger partial charge in [-0.15, -0.1) is 0 Å². The van der Waals surface area contributed by atoms with Crippen molar-refractivity contribution >= 4 is 23.0 Å². The fraction of sp³-hybridized carbons (Fsp3) is 0.533. The average molecular weight is 275 g/mol. The van der Waals surface area contributed by atoms with Gasteiger partial charge in [0, 0.05) is 12.2 Å². The van der Waals surface area contributed by atoms with Gasteiger partial charge in [0.2, 0.25) is 5.91 Å². The van der Waals surface area contributed by atoms with Gasteiger partial charge in [0.1, 0.15) is 0 Å². The van der Waals surface area contributed by atoms with E-state index in [1.165, 1.54) is 6.42 Å². The lowest BCUT2D eigenvalue weighted by Crippen LogP contribution is -2.38. The SMILES string of the molecule is Nc1cc2c(cc1NCC1(O)CCCCC1)NC(=O)C2. The van der Waals surface area contributed by atoms with E-state index in [1.54, 1.807) is 0 Å². The third-order valence-corrected chi connectivity index (χ3v) is 4.29. The first-order valence-electron chi connectivity index (χ1n) is 7.24. The highest BCUT2D eigenvalue weighted by atomic mass is 16.3. The number of amides is 1. The van der Waals surface area contributed by atoms with E-state index in [0.717, 1.165) is 42.6 Å². The van der Waals surface area contributed by atoms with Crippen LogP contribution in [0.5, 0.6) is 0 Å². The van der Waals surface area contributed by atoms with Crippen molar-refractivity contribution < 1.29 is 9.90 Å². The summed E-state index contributed by atoms with van der Waals surface area (Å²) in [4.78, 5) is 11.4. The number of nitrogen functional groups attached to an aromatic ring is 1. The highest BCUT2D eigenvalue weighted by Gasteiger charge is 2.29. The van der Waals surface area contributed by atoms with Gasteiger partial charge in [0.05, 0.1) is 23.4 Å². The van der Waals surface area contributed by atoms with Crippen LogP contribution in [0.25, 0.3) is 0 Å². The van der Waals surface area contributed by atoms with Gasteiger partial charge in [0.25, 0.3) is 0 Å². The van der Waals surface area contributed by atoms with Gasteiger partial charge in [-0.2, -0.15) is 0 Å². The standard InChI is InChI=1S/C15H21N3O2/c16-11-6-10-7-14(19)18-12(10)8-13(11)17-9-15(20)4-2-1-3-5-15/h6,8,17,20H,1-5,7,9,16H2,(H,18,19). The van der Waals surface area contributed by atoms with E-state index in [4.69, 9.17) is 5.73 Å². The fourth-order valence-electron chi connectivity index (χ4n) is 3.09. The highest BCUT2D eigenvalue weighted by molar-refractivity contribution is 6.00. The van der Waals surface area contributed by atoms with E-state index < -0.39 is 5.60 Å². The van der Waals surface area contributed by atoms with Crippen LogP contribution in [0.2, 0.25) is 0 Å². The van der Waals surface area contributed by atoms with Crippen molar-refractivity contribution in [3.05, 3.63) is 17.7 Å². The van der Waals surface area contributed by atoms with Crippen LogP contribution in [0.1, 0.15) is 37.7 Å². The van der Waals surface area contributed by atoms with E-state index in [-0.39, 0.29) is 5.91 Å². The molecule has 5 heteroatoms. The smallest absolute Gasteiger partial charge is 0.228 e. The summed E-state index contributed by atoms with van der Waals surface area (Å²) < 4.78 is 0. The van der Waals surface area contributed by atoms with Crippen molar-refractivity contribution in [1.29, 1.82) is 0 Å². The molecule has 1 aromatic carbocycles. The lowest BCUT2D eigenvalue weighted by atomic mass is 9.85. The van der Waals surface area contributed by atoms with Crippen LogP contribution >= 0.6 is 0 Å². The Kier molecular flexibility index (Phi) is 3.30. The third-order valence-electron chi connectivity index (χ3n) is 4.29. The van der Waals surface area contributed by atoms with Crippen molar-refractivity contribution in [2.75, 3.05) is 22.9 Å². The van der Waals surface area contributed by atoms with Crippen LogP contribution in [0.15, 0.2) is 12.1 Å². The number of hydrogen-bond donors (Lipinski definition) is 4. The normalized spacial score (nSPS) is 20.4. The maximum atomic E-state index is 11.4. The number of nitrogens with one attached hydrogen (secondary N) is 2. The van der Waals surface area contributed by atoms with Crippen molar-refractivity contribution in [3.63, 3.8) is 0 Å². The number of anilines is 3. The summed E-state index contributed by atoms with van der Waals surface area (Å²) in [5.41, 5.74) is 8.55. The lowest BCUT2D eigenvalue weighted by molar-refractivity contribution is -0.115. The Balaban J connectivity index is 1.72. The molecule has 0 aromatic heterocycles. The van der Waals surface area contributed by atoms with Gasteiger partial charge in [-0.25, -0.2) is 0 Å². The Morgan fingerprint density at radius 3 is 2.80 bits per heavy atom. The second-order valence-corrected chi connectivity index (χ2v) is 5.96. The van der Waals surface area contributed by atoms with Crippen LogP contribution in [-0.4, -0.2) is 23.2 Å². The highest BCUT2D eigenvalue weighted by Crippen LogP contribution is 2.33. The predicted octanol–water partition coefficient (Wildman–Crippen LogP) is 1.87. The van der Waals surface area contributed by atoms with Gasteiger partial charge in [-0.3, -0.25) is 4.79 Å². The zero-order valence-electron chi connectivity index (χ0n) is 11.5. The number of nitrogens with two attached hydrogens (primary N) is 1. The Bertz CT molecular complexity index is 536. The van der Waals surface area contributed by atoms with E-state index in [1.807, 2.05) is 12.1 Å². The molecule has 1 aromatic rings. The number of aliphatic hydroxyl groups is 1. The zero-order valence-corrected chi connectivity index (χ0v) is 11.5. The Morgan fingerprint density at radius 1 is 1.30 bits per heavy atom. The summed E-state index contributed by atoms with van der Waals surface area (Å²) in [5, 5.41) is 16.5. The van der Waals surface area contributed by atoms with E-state index in [9.17, 15) is 9.90 Å². The van der Waals surface area contributed by atoms with Gasteiger partial charge in [-0.1, -0.05) is 19.3 Å². The second kappa shape index (κ2) is 4.98. The number of benzene rings is 1. The summed E-state index contributed by atoms with van der Waals surface area (Å²) in [6.07, 6.45) is 5.42. The molecule has 0 bridgehead atoms.